The molecule has 1 aromatic rings. The Morgan fingerprint density at radius 1 is 1.11 bits per heavy atom. The molecular weight excluding hydrogens is 238 g/mol. The van der Waals surface area contributed by atoms with Crippen molar-refractivity contribution >= 4 is 5.82 Å². The molecule has 5 heteroatoms. The van der Waals surface area contributed by atoms with E-state index in [4.69, 9.17) is 0 Å². The number of nitrogens with zero attached hydrogens (tertiary/aromatic N) is 4. The molecule has 0 saturated carbocycles. The van der Waals surface area contributed by atoms with Crippen LogP contribution in [0.15, 0.2) is 12.4 Å². The van der Waals surface area contributed by atoms with Gasteiger partial charge in [-0.3, -0.25) is 9.88 Å². The van der Waals surface area contributed by atoms with Crippen LogP contribution in [0.3, 0.4) is 0 Å². The van der Waals surface area contributed by atoms with E-state index in [-0.39, 0.29) is 0 Å². The summed E-state index contributed by atoms with van der Waals surface area (Å²) in [7, 11) is 1.86. The van der Waals surface area contributed by atoms with Crippen molar-refractivity contribution in [2.24, 2.45) is 5.92 Å². The first-order valence-electron chi connectivity index (χ1n) is 7.10. The van der Waals surface area contributed by atoms with Gasteiger partial charge >= 0.3 is 0 Å². The van der Waals surface area contributed by atoms with Crippen LogP contribution in [0.2, 0.25) is 0 Å². The fraction of sp³-hybridized carbons (Fsp3) is 0.714. The highest BCUT2D eigenvalue weighted by molar-refractivity contribution is 5.29. The third-order valence-corrected chi connectivity index (χ3v) is 3.44. The Labute approximate surface area is 116 Å². The molecule has 1 saturated heterocycles. The standard InChI is InChI=1S/C14H25N5/c1-12(2)10-18-4-6-19(7-5-18)11-13-8-17-14(15-3)9-16-13/h8-9,12H,4-7,10-11H2,1-3H3,(H,15,17). The van der Waals surface area contributed by atoms with Crippen LogP contribution >= 0.6 is 0 Å². The van der Waals surface area contributed by atoms with Crippen LogP contribution in [-0.4, -0.2) is 59.5 Å². The van der Waals surface area contributed by atoms with E-state index in [2.05, 4.69) is 38.9 Å². The number of nitrogens with one attached hydrogen (secondary N) is 1. The molecule has 0 unspecified atom stereocenters. The molecule has 1 aliphatic heterocycles. The van der Waals surface area contributed by atoms with Crippen molar-refractivity contribution in [2.75, 3.05) is 45.1 Å². The molecule has 19 heavy (non-hydrogen) atoms. The summed E-state index contributed by atoms with van der Waals surface area (Å²) in [6.45, 7) is 11.3. The van der Waals surface area contributed by atoms with Crippen molar-refractivity contribution in [3.8, 4) is 0 Å². The van der Waals surface area contributed by atoms with Gasteiger partial charge in [0, 0.05) is 46.3 Å². The summed E-state index contributed by atoms with van der Waals surface area (Å²) in [5, 5.41) is 2.99. The Bertz CT molecular complexity index is 368. The van der Waals surface area contributed by atoms with Crippen molar-refractivity contribution in [1.82, 2.24) is 19.8 Å². The van der Waals surface area contributed by atoms with Crippen LogP contribution in [0.1, 0.15) is 19.5 Å². The van der Waals surface area contributed by atoms with Gasteiger partial charge in [0.2, 0.25) is 0 Å². The fourth-order valence-corrected chi connectivity index (χ4v) is 2.44. The van der Waals surface area contributed by atoms with Crippen molar-refractivity contribution in [3.63, 3.8) is 0 Å². The van der Waals surface area contributed by atoms with E-state index in [0.29, 0.717) is 0 Å². The van der Waals surface area contributed by atoms with Crippen LogP contribution in [0, 0.1) is 5.92 Å². The lowest BCUT2D eigenvalue weighted by atomic mass is 10.2. The molecule has 0 bridgehead atoms. The van der Waals surface area contributed by atoms with Crippen LogP contribution < -0.4 is 5.32 Å². The second-order valence-corrected chi connectivity index (χ2v) is 5.61. The number of aromatic nitrogens is 2. The molecule has 2 rings (SSSR count). The summed E-state index contributed by atoms with van der Waals surface area (Å²) in [6, 6.07) is 0. The highest BCUT2D eigenvalue weighted by Crippen LogP contribution is 2.09. The van der Waals surface area contributed by atoms with Gasteiger partial charge in [-0.15, -0.1) is 0 Å². The van der Waals surface area contributed by atoms with E-state index in [1.807, 2.05) is 13.2 Å². The maximum absolute atomic E-state index is 4.43. The molecule has 2 heterocycles. The van der Waals surface area contributed by atoms with E-state index in [1.54, 1.807) is 6.20 Å². The maximum atomic E-state index is 4.43. The highest BCUT2D eigenvalue weighted by Gasteiger charge is 2.17. The topological polar surface area (TPSA) is 44.3 Å². The van der Waals surface area contributed by atoms with E-state index < -0.39 is 0 Å². The summed E-state index contributed by atoms with van der Waals surface area (Å²) >= 11 is 0. The molecule has 1 N–H and O–H groups in total. The lowest BCUT2D eigenvalue weighted by Gasteiger charge is -2.35. The predicted octanol–water partition coefficient (Wildman–Crippen LogP) is 1.29. The van der Waals surface area contributed by atoms with E-state index in [0.717, 1.165) is 37.1 Å². The SMILES string of the molecule is CNc1cnc(CN2CCN(CC(C)C)CC2)cn1. The number of hydrogen-bond acceptors (Lipinski definition) is 5. The number of hydrogen-bond donors (Lipinski definition) is 1. The Hall–Kier alpha value is -1.20. The molecule has 0 radical (unpaired) electrons. The minimum atomic E-state index is 0.756. The van der Waals surface area contributed by atoms with Crippen LogP contribution in [0.4, 0.5) is 5.82 Å². The average Bonchev–Trinajstić information content (AvgIpc) is 2.41. The minimum Gasteiger partial charge on any atom is -0.372 e. The molecule has 0 aliphatic carbocycles. The van der Waals surface area contributed by atoms with Gasteiger partial charge in [-0.05, 0) is 5.92 Å². The third kappa shape index (κ3) is 4.44. The monoisotopic (exact) mass is 263 g/mol. The molecule has 1 aliphatic rings. The largest absolute Gasteiger partial charge is 0.372 e. The van der Waals surface area contributed by atoms with Crippen LogP contribution in [0.5, 0.6) is 0 Å². The smallest absolute Gasteiger partial charge is 0.144 e. The van der Waals surface area contributed by atoms with E-state index >= 15 is 0 Å². The molecule has 0 atom stereocenters. The zero-order valence-corrected chi connectivity index (χ0v) is 12.3. The summed E-state index contributed by atoms with van der Waals surface area (Å²) in [6.07, 6.45) is 3.66. The van der Waals surface area contributed by atoms with E-state index in [9.17, 15) is 0 Å². The number of anilines is 1. The van der Waals surface area contributed by atoms with Gasteiger partial charge in [0.05, 0.1) is 18.1 Å². The molecular formula is C14H25N5. The van der Waals surface area contributed by atoms with Gasteiger partial charge in [-0.1, -0.05) is 13.8 Å². The zero-order valence-electron chi connectivity index (χ0n) is 12.3. The van der Waals surface area contributed by atoms with Crippen molar-refractivity contribution < 1.29 is 0 Å². The molecule has 1 fully saturated rings. The van der Waals surface area contributed by atoms with Gasteiger partial charge < -0.3 is 10.2 Å². The first kappa shape index (κ1) is 14.2. The lowest BCUT2D eigenvalue weighted by molar-refractivity contribution is 0.116. The molecule has 106 valence electrons. The summed E-state index contributed by atoms with van der Waals surface area (Å²) in [4.78, 5) is 13.7. The van der Waals surface area contributed by atoms with Crippen LogP contribution in [0.25, 0.3) is 0 Å². The number of piperazine rings is 1. The average molecular weight is 263 g/mol. The number of rotatable bonds is 5. The van der Waals surface area contributed by atoms with Crippen LogP contribution in [-0.2, 0) is 6.54 Å². The molecule has 0 aromatic carbocycles. The van der Waals surface area contributed by atoms with Gasteiger partial charge in [0.25, 0.3) is 0 Å². The Balaban J connectivity index is 1.78. The molecule has 0 spiro atoms. The fourth-order valence-electron chi connectivity index (χ4n) is 2.44. The van der Waals surface area contributed by atoms with Gasteiger partial charge in [0.1, 0.15) is 5.82 Å². The zero-order chi connectivity index (χ0) is 13.7. The maximum Gasteiger partial charge on any atom is 0.144 e. The van der Waals surface area contributed by atoms with Gasteiger partial charge in [0.15, 0.2) is 0 Å². The Morgan fingerprint density at radius 2 is 1.79 bits per heavy atom. The quantitative estimate of drug-likeness (QED) is 0.867. The summed E-state index contributed by atoms with van der Waals surface area (Å²) in [5.74, 6) is 1.58. The van der Waals surface area contributed by atoms with Crippen molar-refractivity contribution in [2.45, 2.75) is 20.4 Å². The normalized spacial score (nSPS) is 17.9. The lowest BCUT2D eigenvalue weighted by Crippen LogP contribution is -2.46. The van der Waals surface area contributed by atoms with Crippen molar-refractivity contribution in [1.29, 1.82) is 0 Å². The Morgan fingerprint density at radius 3 is 2.32 bits per heavy atom. The summed E-state index contributed by atoms with van der Waals surface area (Å²) in [5.41, 5.74) is 1.05. The molecule has 1 aromatic heterocycles. The van der Waals surface area contributed by atoms with E-state index in [1.165, 1.54) is 19.6 Å². The minimum absolute atomic E-state index is 0.756. The second kappa shape index (κ2) is 6.82. The first-order valence-corrected chi connectivity index (χ1v) is 7.10. The second-order valence-electron chi connectivity index (χ2n) is 5.61. The third-order valence-electron chi connectivity index (χ3n) is 3.44. The van der Waals surface area contributed by atoms with Gasteiger partial charge in [-0.25, -0.2) is 4.98 Å². The first-order chi connectivity index (χ1) is 9.17. The highest BCUT2D eigenvalue weighted by atomic mass is 15.3. The van der Waals surface area contributed by atoms with Crippen molar-refractivity contribution in [3.05, 3.63) is 18.1 Å². The molecule has 5 nitrogen and oxygen atoms in total. The summed E-state index contributed by atoms with van der Waals surface area (Å²) < 4.78 is 0. The molecule has 0 amide bonds. The van der Waals surface area contributed by atoms with Gasteiger partial charge in [-0.2, -0.15) is 0 Å². The Kier molecular flexibility index (Phi) is 5.10. The predicted molar refractivity (Wildman–Crippen MR) is 78.1 cm³/mol.